The van der Waals surface area contributed by atoms with Gasteiger partial charge in [-0.2, -0.15) is 0 Å². The van der Waals surface area contributed by atoms with E-state index in [1.165, 1.54) is 0 Å². The molecule has 0 atom stereocenters. The van der Waals surface area contributed by atoms with Crippen molar-refractivity contribution in [1.82, 2.24) is 0 Å². The molecule has 0 aliphatic rings. The average molecular weight is 261 g/mol. The van der Waals surface area contributed by atoms with Gasteiger partial charge >= 0.3 is 46.9 Å². The zero-order valence-corrected chi connectivity index (χ0v) is 4.62. The van der Waals surface area contributed by atoms with Gasteiger partial charge in [-0.3, -0.25) is 0 Å². The Morgan fingerprint density at radius 2 is 1.14 bits per heavy atom. The fraction of sp³-hybridized carbons (Fsp3) is 0. The minimum absolute atomic E-state index is 0. The smallest absolute Gasteiger partial charge is 0.543 e. The molecule has 5 heteroatoms. The Morgan fingerprint density at radius 3 is 1.14 bits per heavy atom. The van der Waals surface area contributed by atoms with Gasteiger partial charge in [-0.1, -0.05) is 0 Å². The Kier molecular flexibility index (Phi) is 6.88. The molecule has 0 aliphatic carbocycles. The molecule has 0 saturated carbocycles. The monoisotopic (exact) mass is 262 g/mol. The summed E-state index contributed by atoms with van der Waals surface area (Å²) in [6.07, 6.45) is 0. The van der Waals surface area contributed by atoms with E-state index in [0.29, 0.717) is 0 Å². The summed E-state index contributed by atoms with van der Waals surface area (Å²) in [5, 5.41) is 17.9. The van der Waals surface area contributed by atoms with Crippen LogP contribution >= 0.6 is 0 Å². The molecule has 0 fully saturated rings. The van der Waals surface area contributed by atoms with Gasteiger partial charge in [0.1, 0.15) is 0 Å². The van der Waals surface area contributed by atoms with Gasteiger partial charge in [0.15, 0.2) is 0 Å². The standard InChI is InChI=1S/C2H2O4.Yb/c3-1(4)2(5)6;/h(H,3,4)(H,5,6);/q;+2/p-2. The number of aliphatic carboxylic acids is 2. The molecule has 4 nitrogen and oxygen atoms in total. The summed E-state index contributed by atoms with van der Waals surface area (Å²) in [6, 6.07) is 0. The van der Waals surface area contributed by atoms with Gasteiger partial charge in [0.25, 0.3) is 0 Å². The predicted octanol–water partition coefficient (Wildman–Crippen LogP) is -3.51. The average Bonchev–Trinajstić information content (AvgIpc) is 1.36. The molecule has 0 radical (unpaired) electrons. The fourth-order valence-electron chi connectivity index (χ4n) is 0. The fourth-order valence-corrected chi connectivity index (χ4v) is 0. The van der Waals surface area contributed by atoms with Crippen molar-refractivity contribution in [1.29, 1.82) is 0 Å². The van der Waals surface area contributed by atoms with Crippen molar-refractivity contribution in [3.05, 3.63) is 0 Å². The van der Waals surface area contributed by atoms with E-state index >= 15 is 0 Å². The van der Waals surface area contributed by atoms with Crippen LogP contribution in [0.2, 0.25) is 0 Å². The molecular formula is C2O4Yb. The number of carbonyl (C=O) groups excluding carboxylic acids is 2. The van der Waals surface area contributed by atoms with Crippen LogP contribution in [0.5, 0.6) is 0 Å². The van der Waals surface area contributed by atoms with E-state index in [4.69, 9.17) is 19.8 Å². The van der Waals surface area contributed by atoms with E-state index in [1.54, 1.807) is 0 Å². The minimum Gasteiger partial charge on any atom is -0.543 e. The van der Waals surface area contributed by atoms with Crippen LogP contribution < -0.4 is 10.2 Å². The van der Waals surface area contributed by atoms with Gasteiger partial charge in [-0.25, -0.2) is 0 Å². The molecule has 0 N–H and O–H groups in total. The molecule has 0 aromatic heterocycles. The summed E-state index contributed by atoms with van der Waals surface area (Å²) < 4.78 is 0. The van der Waals surface area contributed by atoms with E-state index < -0.39 is 11.9 Å². The summed E-state index contributed by atoms with van der Waals surface area (Å²) in [5.74, 6) is -4.37. The molecule has 0 unspecified atom stereocenters. The van der Waals surface area contributed by atoms with Gasteiger partial charge < -0.3 is 19.8 Å². The number of rotatable bonds is 0. The third kappa shape index (κ3) is 6.46. The van der Waals surface area contributed by atoms with E-state index in [2.05, 4.69) is 0 Å². The first-order valence-corrected chi connectivity index (χ1v) is 1.07. The Labute approximate surface area is 77.8 Å². The Hall–Kier alpha value is 0.459. The number of hydrogen-bond donors (Lipinski definition) is 0. The second-order valence-electron chi connectivity index (χ2n) is 0.575. The molecule has 7 heavy (non-hydrogen) atoms. The normalized spacial score (nSPS) is 6.29. The summed E-state index contributed by atoms with van der Waals surface area (Å²) in [4.78, 5) is 17.9. The van der Waals surface area contributed by atoms with Crippen LogP contribution in [0.25, 0.3) is 0 Å². The maximum absolute atomic E-state index is 8.93. The van der Waals surface area contributed by atoms with Gasteiger partial charge in [-0.15, -0.1) is 0 Å². The number of carbonyl (C=O) groups is 2. The Bertz CT molecular complexity index is 75.7. The van der Waals surface area contributed by atoms with Crippen LogP contribution in [0.4, 0.5) is 0 Å². The van der Waals surface area contributed by atoms with Crippen molar-refractivity contribution >= 4 is 11.9 Å². The van der Waals surface area contributed by atoms with Gasteiger partial charge in [0.2, 0.25) is 0 Å². The molecule has 0 heterocycles. The molecule has 46 valence electrons. The third-order valence-corrected chi connectivity index (χ3v) is 0.167. The summed E-state index contributed by atoms with van der Waals surface area (Å²) in [5.41, 5.74) is 0. The second kappa shape index (κ2) is 4.61. The van der Waals surface area contributed by atoms with Gasteiger partial charge in [0, 0.05) is 0 Å². The first kappa shape index (κ1) is 10.4. The third-order valence-electron chi connectivity index (χ3n) is 0.167. The number of carboxylic acids is 2. The van der Waals surface area contributed by atoms with Crippen molar-refractivity contribution in [2.45, 2.75) is 0 Å². The van der Waals surface area contributed by atoms with E-state index in [1.807, 2.05) is 0 Å². The molecular weight excluding hydrogens is 261 g/mol. The quantitative estimate of drug-likeness (QED) is 0.423. The van der Waals surface area contributed by atoms with Crippen molar-refractivity contribution < 1.29 is 66.7 Å². The SMILES string of the molecule is O=C([O-])C(=O)[O-].[Yb+2]. The van der Waals surface area contributed by atoms with Crippen LogP contribution in [0.1, 0.15) is 0 Å². The van der Waals surface area contributed by atoms with Crippen molar-refractivity contribution in [3.8, 4) is 0 Å². The molecule has 0 aromatic rings. The Balaban J connectivity index is 0. The molecule has 0 saturated heterocycles. The number of carboxylic acid groups (broad SMARTS) is 2. The van der Waals surface area contributed by atoms with Gasteiger partial charge in [-0.05, 0) is 0 Å². The van der Waals surface area contributed by atoms with Crippen molar-refractivity contribution in [2.75, 3.05) is 0 Å². The van der Waals surface area contributed by atoms with Crippen LogP contribution in [0, 0.1) is 46.9 Å². The Morgan fingerprint density at radius 1 is 1.00 bits per heavy atom. The summed E-state index contributed by atoms with van der Waals surface area (Å²) >= 11 is 0. The van der Waals surface area contributed by atoms with Crippen LogP contribution in [-0.4, -0.2) is 11.9 Å². The molecule has 0 aromatic carbocycles. The first-order chi connectivity index (χ1) is 2.64. The predicted molar refractivity (Wildman–Crippen MR) is 10.0 cm³/mol. The first-order valence-electron chi connectivity index (χ1n) is 1.07. The molecule has 0 spiro atoms. The molecule has 0 aliphatic heterocycles. The van der Waals surface area contributed by atoms with Gasteiger partial charge in [0.05, 0.1) is 11.9 Å². The largest absolute Gasteiger partial charge is 2.00 e. The molecule has 0 rings (SSSR count). The van der Waals surface area contributed by atoms with Crippen LogP contribution in [-0.2, 0) is 9.59 Å². The van der Waals surface area contributed by atoms with E-state index in [-0.39, 0.29) is 46.9 Å². The summed E-state index contributed by atoms with van der Waals surface area (Å²) in [6.45, 7) is 0. The number of hydrogen-bond acceptors (Lipinski definition) is 4. The summed E-state index contributed by atoms with van der Waals surface area (Å²) in [7, 11) is 0. The molecule has 0 bridgehead atoms. The van der Waals surface area contributed by atoms with Crippen molar-refractivity contribution in [3.63, 3.8) is 0 Å². The molecule has 0 amide bonds. The second-order valence-corrected chi connectivity index (χ2v) is 0.575. The van der Waals surface area contributed by atoms with Crippen LogP contribution in [0.15, 0.2) is 0 Å². The van der Waals surface area contributed by atoms with Crippen LogP contribution in [0.3, 0.4) is 0 Å². The zero-order chi connectivity index (χ0) is 5.15. The van der Waals surface area contributed by atoms with Crippen molar-refractivity contribution in [2.24, 2.45) is 0 Å². The minimum atomic E-state index is -2.19. The maximum Gasteiger partial charge on any atom is 2.00 e. The topological polar surface area (TPSA) is 80.3 Å². The van der Waals surface area contributed by atoms with E-state index in [9.17, 15) is 0 Å². The maximum atomic E-state index is 8.93. The van der Waals surface area contributed by atoms with E-state index in [0.717, 1.165) is 0 Å². The zero-order valence-electron chi connectivity index (χ0n) is 2.90.